The first-order valence-corrected chi connectivity index (χ1v) is 14.8. The van der Waals surface area contributed by atoms with Crippen molar-refractivity contribution in [1.82, 2.24) is 0 Å². The first-order valence-electron chi connectivity index (χ1n) is 5.52. The fourth-order valence-corrected chi connectivity index (χ4v) is 9.65. The number of hydrogen-bond donors (Lipinski definition) is 0. The Morgan fingerprint density at radius 2 is 1.18 bits per heavy atom. The summed E-state index contributed by atoms with van der Waals surface area (Å²) in [5, 5.41) is 1.63. The molecule has 0 saturated heterocycles. The van der Waals surface area contributed by atoms with Crippen molar-refractivity contribution in [3.8, 4) is 0 Å². The molecule has 88 valence electrons. The Morgan fingerprint density at radius 3 is 1.53 bits per heavy atom. The molecule has 0 unspecified atom stereocenters. The van der Waals surface area contributed by atoms with E-state index >= 15 is 0 Å². The summed E-state index contributed by atoms with van der Waals surface area (Å²) in [6.45, 7) is 0. The molecule has 0 saturated carbocycles. The fraction of sp³-hybridized carbons (Fsp3) is 0.143. The molecule has 0 bridgehead atoms. The SMILES string of the molecule is [CH3][Sn]([CH3])([c]1cccc(Cl)c1)[c]1cccc(Cl)c1. The van der Waals surface area contributed by atoms with Gasteiger partial charge in [0.15, 0.2) is 0 Å². The topological polar surface area (TPSA) is 0 Å². The van der Waals surface area contributed by atoms with E-state index in [2.05, 4.69) is 34.1 Å². The summed E-state index contributed by atoms with van der Waals surface area (Å²) in [4.78, 5) is 4.76. The van der Waals surface area contributed by atoms with Crippen molar-refractivity contribution in [3.05, 3.63) is 58.6 Å². The molecule has 17 heavy (non-hydrogen) atoms. The Kier molecular flexibility index (Phi) is 4.06. The molecule has 0 fully saturated rings. The molecule has 2 rings (SSSR count). The van der Waals surface area contributed by atoms with E-state index in [4.69, 9.17) is 23.2 Å². The van der Waals surface area contributed by atoms with Crippen LogP contribution < -0.4 is 7.16 Å². The molecule has 0 spiro atoms. The van der Waals surface area contributed by atoms with Crippen molar-refractivity contribution >= 4 is 48.7 Å². The quantitative estimate of drug-likeness (QED) is 0.704. The number of hydrogen-bond acceptors (Lipinski definition) is 0. The second kappa shape index (κ2) is 5.21. The van der Waals surface area contributed by atoms with Gasteiger partial charge >= 0.3 is 117 Å². The van der Waals surface area contributed by atoms with Gasteiger partial charge in [0.2, 0.25) is 0 Å². The van der Waals surface area contributed by atoms with Crippen LogP contribution in [0.15, 0.2) is 48.5 Å². The monoisotopic (exact) mass is 372 g/mol. The third-order valence-corrected chi connectivity index (χ3v) is 13.6. The summed E-state index contributed by atoms with van der Waals surface area (Å²) in [5.74, 6) is 0. The van der Waals surface area contributed by atoms with Crippen molar-refractivity contribution in [2.45, 2.75) is 9.88 Å². The van der Waals surface area contributed by atoms with Gasteiger partial charge < -0.3 is 0 Å². The Labute approximate surface area is 116 Å². The van der Waals surface area contributed by atoms with Crippen LogP contribution in [0.5, 0.6) is 0 Å². The zero-order valence-electron chi connectivity index (χ0n) is 9.87. The molecule has 0 aliphatic rings. The zero-order valence-corrected chi connectivity index (χ0v) is 14.2. The third kappa shape index (κ3) is 2.98. The van der Waals surface area contributed by atoms with Gasteiger partial charge in [-0.05, 0) is 0 Å². The van der Waals surface area contributed by atoms with Crippen molar-refractivity contribution in [1.29, 1.82) is 0 Å². The molecule has 3 heteroatoms. The van der Waals surface area contributed by atoms with E-state index in [1.54, 1.807) is 0 Å². The molecule has 0 aliphatic carbocycles. The van der Waals surface area contributed by atoms with Crippen LogP contribution in [0.4, 0.5) is 0 Å². The Hall–Kier alpha value is -0.181. The predicted octanol–water partition coefficient (Wildman–Crippen LogP) is 3.82. The Balaban J connectivity index is 2.49. The van der Waals surface area contributed by atoms with Gasteiger partial charge in [-0.15, -0.1) is 0 Å². The number of rotatable bonds is 2. The van der Waals surface area contributed by atoms with Crippen molar-refractivity contribution in [2.24, 2.45) is 0 Å². The molecule has 0 aromatic heterocycles. The van der Waals surface area contributed by atoms with Crippen LogP contribution in [-0.4, -0.2) is 18.4 Å². The maximum absolute atomic E-state index is 6.08. The summed E-state index contributed by atoms with van der Waals surface area (Å²) in [5.41, 5.74) is 0. The van der Waals surface area contributed by atoms with Crippen LogP contribution in [0.3, 0.4) is 0 Å². The first kappa shape index (κ1) is 13.3. The summed E-state index contributed by atoms with van der Waals surface area (Å²) in [6, 6.07) is 16.5. The van der Waals surface area contributed by atoms with Gasteiger partial charge in [0.1, 0.15) is 0 Å². The average molecular weight is 372 g/mol. The normalized spacial score (nSPS) is 11.5. The molecule has 2 aromatic rings. The summed E-state index contributed by atoms with van der Waals surface area (Å²) < 4.78 is 2.79. The fourth-order valence-electron chi connectivity index (χ4n) is 1.92. The molecule has 0 radical (unpaired) electrons. The predicted molar refractivity (Wildman–Crippen MR) is 79.7 cm³/mol. The summed E-state index contributed by atoms with van der Waals surface area (Å²) in [7, 11) is 0. The van der Waals surface area contributed by atoms with Gasteiger partial charge in [-0.25, -0.2) is 0 Å². The number of halogens is 2. The van der Waals surface area contributed by atoms with E-state index in [1.165, 1.54) is 7.16 Å². The molecule has 0 heterocycles. The van der Waals surface area contributed by atoms with Crippen LogP contribution in [-0.2, 0) is 0 Å². The van der Waals surface area contributed by atoms with Gasteiger partial charge in [0.25, 0.3) is 0 Å². The average Bonchev–Trinajstić information content (AvgIpc) is 2.29. The molecule has 2 aromatic carbocycles. The van der Waals surface area contributed by atoms with Gasteiger partial charge in [-0.1, -0.05) is 0 Å². The molecule has 0 atom stereocenters. The van der Waals surface area contributed by atoms with E-state index in [-0.39, 0.29) is 0 Å². The van der Waals surface area contributed by atoms with Crippen LogP contribution in [0.25, 0.3) is 0 Å². The molecular formula is C14H14Cl2Sn. The summed E-state index contributed by atoms with van der Waals surface area (Å²) >= 11 is 9.66. The maximum atomic E-state index is 6.08. The van der Waals surface area contributed by atoms with E-state index in [0.29, 0.717) is 0 Å². The van der Waals surface area contributed by atoms with E-state index in [0.717, 1.165) is 10.0 Å². The first-order chi connectivity index (χ1) is 8.00. The Bertz CT molecular complexity index is 488. The van der Waals surface area contributed by atoms with Crippen molar-refractivity contribution < 1.29 is 0 Å². The third-order valence-electron chi connectivity index (χ3n) is 3.09. The molecular weight excluding hydrogens is 358 g/mol. The molecule has 0 aliphatic heterocycles. The van der Waals surface area contributed by atoms with Crippen LogP contribution in [0, 0.1) is 0 Å². The van der Waals surface area contributed by atoms with Crippen LogP contribution in [0.1, 0.15) is 0 Å². The Morgan fingerprint density at radius 1 is 0.765 bits per heavy atom. The van der Waals surface area contributed by atoms with Crippen LogP contribution in [0.2, 0.25) is 19.9 Å². The van der Waals surface area contributed by atoms with Gasteiger partial charge in [0, 0.05) is 0 Å². The van der Waals surface area contributed by atoms with E-state index < -0.39 is 18.4 Å². The van der Waals surface area contributed by atoms with Gasteiger partial charge in [-0.2, -0.15) is 0 Å². The zero-order chi connectivity index (χ0) is 12.5. The van der Waals surface area contributed by atoms with Gasteiger partial charge in [-0.3, -0.25) is 0 Å². The van der Waals surface area contributed by atoms with Crippen molar-refractivity contribution in [3.63, 3.8) is 0 Å². The minimum absolute atomic E-state index is 0.814. The van der Waals surface area contributed by atoms with Crippen molar-refractivity contribution in [2.75, 3.05) is 0 Å². The standard InChI is InChI=1S/2C6H4Cl.2CH3.Sn/c2*7-6-4-2-1-3-5-6;;;/h2*1-2,4-5H;2*1H3;. The molecule has 0 amide bonds. The van der Waals surface area contributed by atoms with E-state index in [1.807, 2.05) is 24.3 Å². The second-order valence-corrected chi connectivity index (χ2v) is 18.1. The second-order valence-electron chi connectivity index (χ2n) is 4.65. The molecule has 0 nitrogen and oxygen atoms in total. The van der Waals surface area contributed by atoms with Crippen LogP contribution >= 0.6 is 23.2 Å². The number of benzene rings is 2. The van der Waals surface area contributed by atoms with Gasteiger partial charge in [0.05, 0.1) is 0 Å². The molecule has 0 N–H and O–H groups in total. The summed E-state index contributed by atoms with van der Waals surface area (Å²) in [6.07, 6.45) is 0. The minimum atomic E-state index is -2.50. The van der Waals surface area contributed by atoms with E-state index in [9.17, 15) is 0 Å².